The van der Waals surface area contributed by atoms with Crippen LogP contribution in [0.3, 0.4) is 0 Å². The second-order valence-electron chi connectivity index (χ2n) is 6.50. The smallest absolute Gasteiger partial charge is 0.0446 e. The summed E-state index contributed by atoms with van der Waals surface area (Å²) in [7, 11) is 2.08. The van der Waals surface area contributed by atoms with Crippen LogP contribution < -0.4 is 5.32 Å². The molecular weight excluding hydrogens is 244 g/mol. The summed E-state index contributed by atoms with van der Waals surface area (Å²) < 4.78 is 0. The Morgan fingerprint density at radius 2 is 1.85 bits per heavy atom. The zero-order chi connectivity index (χ0) is 14.5. The monoisotopic (exact) mass is 274 g/mol. The van der Waals surface area contributed by atoms with E-state index in [4.69, 9.17) is 0 Å². The van der Waals surface area contributed by atoms with Gasteiger partial charge in [0.05, 0.1) is 0 Å². The Balaban J connectivity index is 1.99. The molecule has 1 N–H and O–H groups in total. The molecule has 1 saturated carbocycles. The van der Waals surface area contributed by atoms with E-state index >= 15 is 0 Å². The molecule has 0 aromatic heterocycles. The SMILES string of the molecule is CCN(CC(NC)c1ccc(CC(C)C)cc1)C1CC1. The highest BCUT2D eigenvalue weighted by molar-refractivity contribution is 5.25. The van der Waals surface area contributed by atoms with Crippen molar-refractivity contribution in [2.24, 2.45) is 5.92 Å². The van der Waals surface area contributed by atoms with Crippen LogP contribution >= 0.6 is 0 Å². The van der Waals surface area contributed by atoms with E-state index in [1.807, 2.05) is 0 Å². The second kappa shape index (κ2) is 7.24. The largest absolute Gasteiger partial charge is 0.312 e. The molecule has 0 spiro atoms. The van der Waals surface area contributed by atoms with Crippen LogP contribution in [0.15, 0.2) is 24.3 Å². The third-order valence-corrected chi connectivity index (χ3v) is 4.26. The molecule has 1 aliphatic carbocycles. The van der Waals surface area contributed by atoms with Crippen molar-refractivity contribution in [2.45, 2.75) is 52.1 Å². The van der Waals surface area contributed by atoms with Gasteiger partial charge >= 0.3 is 0 Å². The first-order valence-corrected chi connectivity index (χ1v) is 8.14. The van der Waals surface area contributed by atoms with E-state index in [9.17, 15) is 0 Å². The quantitative estimate of drug-likeness (QED) is 0.779. The minimum absolute atomic E-state index is 0.448. The average molecular weight is 274 g/mol. The molecule has 0 radical (unpaired) electrons. The van der Waals surface area contributed by atoms with Gasteiger partial charge < -0.3 is 5.32 Å². The van der Waals surface area contributed by atoms with Crippen molar-refractivity contribution in [3.05, 3.63) is 35.4 Å². The molecule has 2 nitrogen and oxygen atoms in total. The van der Waals surface area contributed by atoms with E-state index in [1.54, 1.807) is 0 Å². The van der Waals surface area contributed by atoms with E-state index in [0.29, 0.717) is 6.04 Å². The molecule has 0 amide bonds. The van der Waals surface area contributed by atoms with E-state index in [-0.39, 0.29) is 0 Å². The summed E-state index contributed by atoms with van der Waals surface area (Å²) in [5, 5.41) is 3.48. The van der Waals surface area contributed by atoms with Gasteiger partial charge in [-0.25, -0.2) is 0 Å². The maximum Gasteiger partial charge on any atom is 0.0446 e. The summed E-state index contributed by atoms with van der Waals surface area (Å²) in [6.45, 7) is 9.12. The van der Waals surface area contributed by atoms with Crippen molar-refractivity contribution in [3.8, 4) is 0 Å². The first-order valence-electron chi connectivity index (χ1n) is 8.14. The summed E-state index contributed by atoms with van der Waals surface area (Å²) >= 11 is 0. The maximum absolute atomic E-state index is 3.48. The third kappa shape index (κ3) is 4.32. The Morgan fingerprint density at radius 3 is 2.30 bits per heavy atom. The fourth-order valence-electron chi connectivity index (χ4n) is 2.93. The van der Waals surface area contributed by atoms with Gasteiger partial charge in [0.1, 0.15) is 0 Å². The van der Waals surface area contributed by atoms with Gasteiger partial charge in [-0.15, -0.1) is 0 Å². The standard InChI is InChI=1S/C18H30N2/c1-5-20(17-10-11-17)13-18(19-4)16-8-6-15(7-9-16)12-14(2)3/h6-9,14,17-19H,5,10-13H2,1-4H3. The molecule has 1 unspecified atom stereocenters. The van der Waals surface area contributed by atoms with Crippen LogP contribution in [0.4, 0.5) is 0 Å². The van der Waals surface area contributed by atoms with Crippen LogP contribution in [-0.2, 0) is 6.42 Å². The summed E-state index contributed by atoms with van der Waals surface area (Å²) in [5.41, 5.74) is 2.87. The number of hydrogen-bond donors (Lipinski definition) is 1. The lowest BCUT2D eigenvalue weighted by Gasteiger charge is -2.26. The van der Waals surface area contributed by atoms with Crippen LogP contribution in [0.25, 0.3) is 0 Å². The van der Waals surface area contributed by atoms with Crippen molar-refractivity contribution in [1.29, 1.82) is 0 Å². The molecule has 1 aromatic carbocycles. The summed E-state index contributed by atoms with van der Waals surface area (Å²) in [5.74, 6) is 0.728. The van der Waals surface area contributed by atoms with Crippen molar-refractivity contribution >= 4 is 0 Å². The lowest BCUT2D eigenvalue weighted by molar-refractivity contribution is 0.248. The lowest BCUT2D eigenvalue weighted by atomic mass is 9.99. The van der Waals surface area contributed by atoms with Crippen molar-refractivity contribution in [3.63, 3.8) is 0 Å². The summed E-state index contributed by atoms with van der Waals surface area (Å²) in [4.78, 5) is 2.61. The number of rotatable bonds is 8. The predicted molar refractivity (Wildman–Crippen MR) is 87.1 cm³/mol. The normalized spacial score (nSPS) is 16.9. The van der Waals surface area contributed by atoms with Gasteiger partial charge in [-0.05, 0) is 49.9 Å². The molecule has 1 aromatic rings. The molecule has 112 valence electrons. The van der Waals surface area contributed by atoms with Gasteiger partial charge in [-0.3, -0.25) is 4.90 Å². The molecule has 2 heteroatoms. The van der Waals surface area contributed by atoms with Crippen molar-refractivity contribution in [2.75, 3.05) is 20.1 Å². The molecular formula is C18H30N2. The topological polar surface area (TPSA) is 15.3 Å². The highest BCUT2D eigenvalue weighted by Crippen LogP contribution is 2.28. The summed E-state index contributed by atoms with van der Waals surface area (Å²) in [6, 6.07) is 10.5. The number of likely N-dealkylation sites (N-methyl/N-ethyl adjacent to an activating group) is 2. The van der Waals surface area contributed by atoms with Gasteiger partial charge in [0.25, 0.3) is 0 Å². The average Bonchev–Trinajstić information content (AvgIpc) is 3.25. The van der Waals surface area contributed by atoms with Gasteiger partial charge in [-0.2, -0.15) is 0 Å². The molecule has 0 aliphatic heterocycles. The minimum atomic E-state index is 0.448. The van der Waals surface area contributed by atoms with Crippen LogP contribution in [0.2, 0.25) is 0 Å². The first-order chi connectivity index (χ1) is 9.63. The first kappa shape index (κ1) is 15.5. The summed E-state index contributed by atoms with van der Waals surface area (Å²) in [6.07, 6.45) is 3.95. The van der Waals surface area contributed by atoms with E-state index in [0.717, 1.165) is 25.0 Å². The van der Waals surface area contributed by atoms with Crippen LogP contribution in [0.1, 0.15) is 50.8 Å². The second-order valence-corrected chi connectivity index (χ2v) is 6.50. The number of hydrogen-bond acceptors (Lipinski definition) is 2. The highest BCUT2D eigenvalue weighted by Gasteiger charge is 2.29. The molecule has 0 bridgehead atoms. The highest BCUT2D eigenvalue weighted by atomic mass is 15.2. The number of nitrogens with one attached hydrogen (secondary N) is 1. The molecule has 1 fully saturated rings. The Bertz CT molecular complexity index is 392. The van der Waals surface area contributed by atoms with Crippen molar-refractivity contribution < 1.29 is 0 Å². The molecule has 1 aliphatic rings. The van der Waals surface area contributed by atoms with Crippen LogP contribution in [0, 0.1) is 5.92 Å². The third-order valence-electron chi connectivity index (χ3n) is 4.26. The van der Waals surface area contributed by atoms with Gasteiger partial charge in [0, 0.05) is 18.6 Å². The fraction of sp³-hybridized carbons (Fsp3) is 0.667. The zero-order valence-corrected chi connectivity index (χ0v) is 13.5. The molecule has 0 heterocycles. The Labute approximate surface area is 124 Å². The van der Waals surface area contributed by atoms with Crippen molar-refractivity contribution in [1.82, 2.24) is 10.2 Å². The Morgan fingerprint density at radius 1 is 1.20 bits per heavy atom. The number of benzene rings is 1. The van der Waals surface area contributed by atoms with E-state index < -0.39 is 0 Å². The van der Waals surface area contributed by atoms with Gasteiger partial charge in [-0.1, -0.05) is 45.0 Å². The zero-order valence-electron chi connectivity index (χ0n) is 13.5. The van der Waals surface area contributed by atoms with Crippen LogP contribution in [-0.4, -0.2) is 31.1 Å². The Kier molecular flexibility index (Phi) is 5.62. The minimum Gasteiger partial charge on any atom is -0.312 e. The van der Waals surface area contributed by atoms with Gasteiger partial charge in [0.2, 0.25) is 0 Å². The predicted octanol–water partition coefficient (Wildman–Crippen LogP) is 3.63. The fourth-order valence-corrected chi connectivity index (χ4v) is 2.93. The van der Waals surface area contributed by atoms with Gasteiger partial charge in [0.15, 0.2) is 0 Å². The molecule has 1 atom stereocenters. The number of nitrogens with zero attached hydrogens (tertiary/aromatic N) is 1. The molecule has 20 heavy (non-hydrogen) atoms. The molecule has 2 rings (SSSR count). The van der Waals surface area contributed by atoms with Crippen LogP contribution in [0.5, 0.6) is 0 Å². The van der Waals surface area contributed by atoms with E-state index in [1.165, 1.54) is 30.4 Å². The Hall–Kier alpha value is -0.860. The lowest BCUT2D eigenvalue weighted by Crippen LogP contribution is -2.35. The maximum atomic E-state index is 3.48. The van der Waals surface area contributed by atoms with E-state index in [2.05, 4.69) is 62.3 Å². The molecule has 0 saturated heterocycles.